The molecule has 2 aromatic rings. The van der Waals surface area contributed by atoms with E-state index >= 15 is 0 Å². The molecule has 0 spiro atoms. The van der Waals surface area contributed by atoms with Crippen molar-refractivity contribution >= 4 is 17.2 Å². The second-order valence-corrected chi connectivity index (χ2v) is 7.15. The average Bonchev–Trinajstić information content (AvgIpc) is 3.13. The van der Waals surface area contributed by atoms with Gasteiger partial charge >= 0.3 is 0 Å². The van der Waals surface area contributed by atoms with Crippen molar-refractivity contribution < 1.29 is 4.79 Å². The van der Waals surface area contributed by atoms with Crippen LogP contribution in [0.15, 0.2) is 12.4 Å². The molecule has 0 bridgehead atoms. The van der Waals surface area contributed by atoms with E-state index in [4.69, 9.17) is 0 Å². The summed E-state index contributed by atoms with van der Waals surface area (Å²) >= 11 is 1.47. The van der Waals surface area contributed by atoms with Gasteiger partial charge in [0.2, 0.25) is 0 Å². The Hall–Kier alpha value is -1.73. The summed E-state index contributed by atoms with van der Waals surface area (Å²) in [6.45, 7) is 4.56. The first kappa shape index (κ1) is 16.1. The second-order valence-electron chi connectivity index (χ2n) is 6.15. The van der Waals surface area contributed by atoms with Crippen molar-refractivity contribution in [2.45, 2.75) is 19.8 Å². The summed E-state index contributed by atoms with van der Waals surface area (Å²) in [5.41, 5.74) is 1.78. The third-order valence-corrected chi connectivity index (χ3v) is 5.44. The van der Waals surface area contributed by atoms with Gasteiger partial charge in [-0.25, -0.2) is 4.98 Å². The molecule has 0 aromatic carbocycles. The van der Waals surface area contributed by atoms with Gasteiger partial charge in [0.15, 0.2) is 0 Å². The summed E-state index contributed by atoms with van der Waals surface area (Å²) in [7, 11) is 3.85. The molecule has 2 aromatic heterocycles. The highest BCUT2D eigenvalue weighted by molar-refractivity contribution is 7.17. The molecule has 0 aliphatic carbocycles. The number of thiazole rings is 1. The molecule has 1 fully saturated rings. The minimum absolute atomic E-state index is 0.121. The molecule has 6 nitrogen and oxygen atoms in total. The van der Waals surface area contributed by atoms with E-state index in [2.05, 4.69) is 15.4 Å². The zero-order valence-electron chi connectivity index (χ0n) is 13.9. The Kier molecular flexibility index (Phi) is 4.77. The van der Waals surface area contributed by atoms with E-state index in [-0.39, 0.29) is 5.91 Å². The van der Waals surface area contributed by atoms with Crippen LogP contribution in [0, 0.1) is 12.8 Å². The smallest absolute Gasteiger partial charge is 0.265 e. The quantitative estimate of drug-likeness (QED) is 0.928. The lowest BCUT2D eigenvalue weighted by atomic mass is 9.98. The fourth-order valence-electron chi connectivity index (χ4n) is 3.10. The molecule has 1 N–H and O–H groups in total. The summed E-state index contributed by atoms with van der Waals surface area (Å²) in [5, 5.41) is 8.26. The first-order valence-corrected chi connectivity index (χ1v) is 8.80. The number of amides is 1. The van der Waals surface area contributed by atoms with Crippen LogP contribution in [0.4, 0.5) is 0 Å². The Morgan fingerprint density at radius 1 is 1.52 bits per heavy atom. The molecular formula is C16H23N5OS. The molecule has 124 valence electrons. The Bertz CT molecular complexity index is 690. The van der Waals surface area contributed by atoms with Crippen LogP contribution in [0.3, 0.4) is 0 Å². The van der Waals surface area contributed by atoms with Crippen LogP contribution in [-0.4, -0.2) is 52.3 Å². The number of hydrogen-bond donors (Lipinski definition) is 1. The number of aromatic nitrogens is 3. The van der Waals surface area contributed by atoms with E-state index in [9.17, 15) is 4.79 Å². The average molecular weight is 333 g/mol. The standard InChI is InChI=1S/C16H23N5OS/c1-11-14(23-15(19-11)13-8-18-20(3)10-13)16(22)21-6-4-5-12(9-21)7-17-2/h8,10,12,17H,4-7,9H2,1-3H3. The van der Waals surface area contributed by atoms with Crippen molar-refractivity contribution in [3.05, 3.63) is 23.0 Å². The van der Waals surface area contributed by atoms with Crippen LogP contribution >= 0.6 is 11.3 Å². The minimum Gasteiger partial charge on any atom is -0.338 e. The first-order chi connectivity index (χ1) is 11.1. The van der Waals surface area contributed by atoms with Crippen LogP contribution in [0.5, 0.6) is 0 Å². The zero-order valence-corrected chi connectivity index (χ0v) is 14.7. The van der Waals surface area contributed by atoms with Gasteiger partial charge in [-0.05, 0) is 39.3 Å². The first-order valence-electron chi connectivity index (χ1n) is 7.98. The number of aryl methyl sites for hydroxylation is 2. The molecule has 1 saturated heterocycles. The van der Waals surface area contributed by atoms with Gasteiger partial charge < -0.3 is 10.2 Å². The monoisotopic (exact) mass is 333 g/mol. The van der Waals surface area contributed by atoms with Crippen LogP contribution in [0.1, 0.15) is 28.2 Å². The van der Waals surface area contributed by atoms with E-state index in [0.29, 0.717) is 5.92 Å². The largest absolute Gasteiger partial charge is 0.338 e. The highest BCUT2D eigenvalue weighted by Gasteiger charge is 2.27. The molecule has 1 atom stereocenters. The van der Waals surface area contributed by atoms with Crippen LogP contribution < -0.4 is 5.32 Å². The lowest BCUT2D eigenvalue weighted by Crippen LogP contribution is -2.42. The lowest BCUT2D eigenvalue weighted by molar-refractivity contribution is 0.0678. The van der Waals surface area contributed by atoms with Gasteiger partial charge in [0, 0.05) is 31.9 Å². The normalized spacial score (nSPS) is 18.4. The summed E-state index contributed by atoms with van der Waals surface area (Å²) in [4.78, 5) is 20.2. The van der Waals surface area contributed by atoms with Gasteiger partial charge in [0.1, 0.15) is 9.88 Å². The summed E-state index contributed by atoms with van der Waals surface area (Å²) in [6, 6.07) is 0. The minimum atomic E-state index is 0.121. The predicted molar refractivity (Wildman–Crippen MR) is 91.6 cm³/mol. The maximum absolute atomic E-state index is 12.9. The molecule has 3 rings (SSSR count). The topological polar surface area (TPSA) is 63.1 Å². The highest BCUT2D eigenvalue weighted by Crippen LogP contribution is 2.29. The van der Waals surface area contributed by atoms with E-state index in [1.54, 1.807) is 10.9 Å². The van der Waals surface area contributed by atoms with Gasteiger partial charge in [-0.3, -0.25) is 9.48 Å². The van der Waals surface area contributed by atoms with Crippen molar-refractivity contribution in [2.24, 2.45) is 13.0 Å². The van der Waals surface area contributed by atoms with Crippen LogP contribution in [0.25, 0.3) is 10.6 Å². The number of piperidine rings is 1. The highest BCUT2D eigenvalue weighted by atomic mass is 32.1. The molecule has 1 aliphatic rings. The van der Waals surface area contributed by atoms with Gasteiger partial charge in [0.25, 0.3) is 5.91 Å². The number of nitrogens with zero attached hydrogens (tertiary/aromatic N) is 4. The molecule has 23 heavy (non-hydrogen) atoms. The fraction of sp³-hybridized carbons (Fsp3) is 0.562. The van der Waals surface area contributed by atoms with Crippen molar-refractivity contribution in [1.29, 1.82) is 0 Å². The van der Waals surface area contributed by atoms with Crippen molar-refractivity contribution in [2.75, 3.05) is 26.7 Å². The van der Waals surface area contributed by atoms with Gasteiger partial charge in [-0.1, -0.05) is 0 Å². The number of hydrogen-bond acceptors (Lipinski definition) is 5. The van der Waals surface area contributed by atoms with Crippen molar-refractivity contribution in [1.82, 2.24) is 25.0 Å². The molecule has 1 unspecified atom stereocenters. The molecular weight excluding hydrogens is 310 g/mol. The predicted octanol–water partition coefficient (Wildman–Crippen LogP) is 1.92. The van der Waals surface area contributed by atoms with E-state index in [0.717, 1.165) is 47.2 Å². The maximum atomic E-state index is 12.9. The SMILES string of the molecule is CNCC1CCCN(C(=O)c2sc(-c3cnn(C)c3)nc2C)C1. The summed E-state index contributed by atoms with van der Waals surface area (Å²) < 4.78 is 1.75. The second kappa shape index (κ2) is 6.80. The number of rotatable bonds is 4. The van der Waals surface area contributed by atoms with Crippen LogP contribution in [0.2, 0.25) is 0 Å². The Labute approximate surface area is 140 Å². The van der Waals surface area contributed by atoms with Gasteiger partial charge in [0.05, 0.1) is 11.9 Å². The Balaban J connectivity index is 1.78. The Morgan fingerprint density at radius 3 is 3.04 bits per heavy atom. The molecule has 0 radical (unpaired) electrons. The third-order valence-electron chi connectivity index (χ3n) is 4.24. The Morgan fingerprint density at radius 2 is 2.35 bits per heavy atom. The molecule has 7 heteroatoms. The number of likely N-dealkylation sites (tertiary alicyclic amines) is 1. The molecule has 1 amide bonds. The zero-order chi connectivity index (χ0) is 16.4. The van der Waals surface area contributed by atoms with Gasteiger partial charge in [-0.15, -0.1) is 11.3 Å². The third kappa shape index (κ3) is 3.45. The molecule has 0 saturated carbocycles. The summed E-state index contributed by atoms with van der Waals surface area (Å²) in [6.07, 6.45) is 5.98. The lowest BCUT2D eigenvalue weighted by Gasteiger charge is -2.32. The van der Waals surface area contributed by atoms with E-state index < -0.39 is 0 Å². The van der Waals surface area contributed by atoms with Crippen molar-refractivity contribution in [3.8, 4) is 10.6 Å². The number of carbonyl (C=O) groups is 1. The van der Waals surface area contributed by atoms with E-state index in [1.165, 1.54) is 17.8 Å². The fourth-order valence-corrected chi connectivity index (χ4v) is 4.11. The molecule has 3 heterocycles. The van der Waals surface area contributed by atoms with Crippen molar-refractivity contribution in [3.63, 3.8) is 0 Å². The van der Waals surface area contributed by atoms with E-state index in [1.807, 2.05) is 32.1 Å². The van der Waals surface area contributed by atoms with Crippen LogP contribution in [-0.2, 0) is 7.05 Å². The number of carbonyl (C=O) groups excluding carboxylic acids is 1. The maximum Gasteiger partial charge on any atom is 0.265 e. The molecule has 1 aliphatic heterocycles. The number of nitrogens with one attached hydrogen (secondary N) is 1. The van der Waals surface area contributed by atoms with Gasteiger partial charge in [-0.2, -0.15) is 5.10 Å². The summed E-state index contributed by atoms with van der Waals surface area (Å²) in [5.74, 6) is 0.666.